The molecule has 194 valence electrons. The molecule has 1 aromatic heterocycles. The number of morpholine rings is 1. The molecule has 0 unspecified atom stereocenters. The Bertz CT molecular complexity index is 1230. The number of rotatable bonds is 7. The number of fused-ring (bicyclic) bond motifs is 1. The van der Waals surface area contributed by atoms with Gasteiger partial charge < -0.3 is 25.3 Å². The van der Waals surface area contributed by atoms with Gasteiger partial charge in [-0.1, -0.05) is 12.1 Å². The number of nitrogens with zero attached hydrogens (tertiary/aromatic N) is 3. The van der Waals surface area contributed by atoms with Crippen molar-refractivity contribution < 1.29 is 9.13 Å². The average molecular weight is 503 g/mol. The van der Waals surface area contributed by atoms with Gasteiger partial charge in [-0.3, -0.25) is 4.90 Å². The zero-order chi connectivity index (χ0) is 25.0. The summed E-state index contributed by atoms with van der Waals surface area (Å²) in [6, 6.07) is 13.8. The lowest BCUT2D eigenvalue weighted by molar-refractivity contribution is 0.0322. The van der Waals surface area contributed by atoms with Crippen LogP contribution in [0.4, 0.5) is 15.8 Å². The van der Waals surface area contributed by atoms with E-state index in [1.165, 1.54) is 6.07 Å². The third-order valence-electron chi connectivity index (χ3n) is 7.74. The molecule has 0 spiro atoms. The maximum absolute atomic E-state index is 14.2. The third kappa shape index (κ3) is 5.56. The van der Waals surface area contributed by atoms with Gasteiger partial charge in [0.05, 0.1) is 13.2 Å². The molecule has 6 rings (SSSR count). The van der Waals surface area contributed by atoms with Gasteiger partial charge in [-0.2, -0.15) is 0 Å². The van der Waals surface area contributed by atoms with Gasteiger partial charge in [0.25, 0.3) is 0 Å². The normalized spacial score (nSPS) is 20.5. The van der Waals surface area contributed by atoms with E-state index in [-0.39, 0.29) is 5.82 Å². The molecule has 0 radical (unpaired) electrons. The number of imidazole rings is 1. The van der Waals surface area contributed by atoms with Crippen LogP contribution in [-0.2, 0) is 4.74 Å². The summed E-state index contributed by atoms with van der Waals surface area (Å²) in [4.78, 5) is 12.8. The second-order valence-electron chi connectivity index (χ2n) is 10.1. The molecular formula is C29H35FN6O. The molecule has 0 bridgehead atoms. The molecule has 0 amide bonds. The summed E-state index contributed by atoms with van der Waals surface area (Å²) in [5.41, 5.74) is 6.24. The van der Waals surface area contributed by atoms with Crippen LogP contribution in [0.5, 0.6) is 0 Å². The number of ether oxygens (including phenoxy) is 1. The average Bonchev–Trinajstić information content (AvgIpc) is 3.60. The minimum atomic E-state index is -0.250. The molecule has 3 N–H and O–H groups in total. The molecule has 0 aliphatic carbocycles. The fourth-order valence-corrected chi connectivity index (χ4v) is 5.68. The molecule has 2 aromatic carbocycles. The van der Waals surface area contributed by atoms with Crippen molar-refractivity contribution in [3.05, 3.63) is 77.6 Å². The molecular weight excluding hydrogens is 467 g/mol. The number of hydrogen-bond donors (Lipinski definition) is 3. The standard InChI is InChI=1S/C29H35FN6O/c30-22-3-1-2-21(18-22)28(29-31-8-9-32-29)26-20-33-27-5-4-24(19-25(26)27)34-23-6-10-35(11-7-23)12-13-36-14-16-37-17-15-36/h1-5,8-9,18-19,23,33-34H,6-7,10-17,20H2,(H,31,32). The molecule has 0 atom stereocenters. The quantitative estimate of drug-likeness (QED) is 0.451. The van der Waals surface area contributed by atoms with Crippen LogP contribution in [0.1, 0.15) is 29.8 Å². The SMILES string of the molecule is Fc1cccc(C(=C2CNc3ccc(NC4CCN(CCN5CCOCC5)CC4)cc32)c2ncc[nH]2)c1. The van der Waals surface area contributed by atoms with Gasteiger partial charge in [-0.15, -0.1) is 0 Å². The van der Waals surface area contributed by atoms with E-state index in [0.29, 0.717) is 12.6 Å². The second-order valence-corrected chi connectivity index (χ2v) is 10.1. The van der Waals surface area contributed by atoms with E-state index in [1.807, 2.05) is 12.3 Å². The van der Waals surface area contributed by atoms with Crippen LogP contribution in [-0.4, -0.2) is 84.8 Å². The van der Waals surface area contributed by atoms with Crippen LogP contribution < -0.4 is 10.6 Å². The minimum Gasteiger partial charge on any atom is -0.382 e. The Morgan fingerprint density at radius 3 is 2.59 bits per heavy atom. The van der Waals surface area contributed by atoms with E-state index in [0.717, 1.165) is 105 Å². The molecule has 8 heteroatoms. The van der Waals surface area contributed by atoms with Crippen molar-refractivity contribution in [1.29, 1.82) is 0 Å². The van der Waals surface area contributed by atoms with Crippen molar-refractivity contribution in [2.45, 2.75) is 18.9 Å². The van der Waals surface area contributed by atoms with Crippen molar-refractivity contribution in [1.82, 2.24) is 19.8 Å². The van der Waals surface area contributed by atoms with Crippen molar-refractivity contribution in [3.63, 3.8) is 0 Å². The number of anilines is 2. The van der Waals surface area contributed by atoms with Crippen molar-refractivity contribution in [2.24, 2.45) is 0 Å². The highest BCUT2D eigenvalue weighted by atomic mass is 19.1. The number of benzene rings is 2. The van der Waals surface area contributed by atoms with Crippen molar-refractivity contribution in [3.8, 4) is 0 Å². The number of aromatic amines is 1. The summed E-state index contributed by atoms with van der Waals surface area (Å²) in [5.74, 6) is 0.498. The maximum atomic E-state index is 14.2. The summed E-state index contributed by atoms with van der Waals surface area (Å²) in [6.07, 6.45) is 5.83. The Hall–Kier alpha value is -3.20. The maximum Gasteiger partial charge on any atom is 0.138 e. The Morgan fingerprint density at radius 2 is 1.84 bits per heavy atom. The van der Waals surface area contributed by atoms with Gasteiger partial charge in [-0.05, 0) is 54.3 Å². The first-order valence-corrected chi connectivity index (χ1v) is 13.4. The van der Waals surface area contributed by atoms with Crippen LogP contribution in [0.15, 0.2) is 54.9 Å². The first-order chi connectivity index (χ1) is 18.2. The van der Waals surface area contributed by atoms with Gasteiger partial charge in [0.2, 0.25) is 0 Å². The van der Waals surface area contributed by atoms with E-state index >= 15 is 0 Å². The summed E-state index contributed by atoms with van der Waals surface area (Å²) >= 11 is 0. The zero-order valence-corrected chi connectivity index (χ0v) is 21.2. The lowest BCUT2D eigenvalue weighted by Crippen LogP contribution is -2.45. The summed E-state index contributed by atoms with van der Waals surface area (Å²) in [6.45, 7) is 9.05. The topological polar surface area (TPSA) is 68.4 Å². The van der Waals surface area contributed by atoms with Crippen molar-refractivity contribution >= 4 is 22.5 Å². The molecule has 37 heavy (non-hydrogen) atoms. The highest BCUT2D eigenvalue weighted by Gasteiger charge is 2.25. The molecule has 4 heterocycles. The fraction of sp³-hybridized carbons (Fsp3) is 0.414. The van der Waals surface area contributed by atoms with Gasteiger partial charge in [0, 0.05) is 86.8 Å². The van der Waals surface area contributed by atoms with E-state index in [4.69, 9.17) is 4.74 Å². The zero-order valence-electron chi connectivity index (χ0n) is 21.2. The van der Waals surface area contributed by atoms with Gasteiger partial charge in [0.15, 0.2) is 0 Å². The fourth-order valence-electron chi connectivity index (χ4n) is 5.68. The number of hydrogen-bond acceptors (Lipinski definition) is 6. The number of H-pyrrole nitrogens is 1. The molecule has 3 aliphatic heterocycles. The molecule has 2 fully saturated rings. The minimum absolute atomic E-state index is 0.250. The molecule has 2 saturated heterocycles. The number of aromatic nitrogens is 2. The Labute approximate surface area is 217 Å². The predicted molar refractivity (Wildman–Crippen MR) is 146 cm³/mol. The molecule has 0 saturated carbocycles. The summed E-state index contributed by atoms with van der Waals surface area (Å²) < 4.78 is 19.6. The highest BCUT2D eigenvalue weighted by Crippen LogP contribution is 2.39. The third-order valence-corrected chi connectivity index (χ3v) is 7.74. The molecule has 3 aliphatic rings. The van der Waals surface area contributed by atoms with Crippen LogP contribution in [0, 0.1) is 5.82 Å². The lowest BCUT2D eigenvalue weighted by atomic mass is 9.94. The van der Waals surface area contributed by atoms with Crippen LogP contribution >= 0.6 is 0 Å². The predicted octanol–water partition coefficient (Wildman–Crippen LogP) is 4.14. The highest BCUT2D eigenvalue weighted by molar-refractivity contribution is 6.03. The monoisotopic (exact) mass is 502 g/mol. The molecule has 3 aromatic rings. The van der Waals surface area contributed by atoms with E-state index in [1.54, 1.807) is 18.3 Å². The Kier molecular flexibility index (Phi) is 7.21. The van der Waals surface area contributed by atoms with E-state index < -0.39 is 0 Å². The van der Waals surface area contributed by atoms with E-state index in [2.05, 4.69) is 48.6 Å². The van der Waals surface area contributed by atoms with Crippen LogP contribution in [0.25, 0.3) is 11.1 Å². The molecule has 7 nitrogen and oxygen atoms in total. The number of halogens is 1. The first-order valence-electron chi connectivity index (χ1n) is 13.4. The smallest absolute Gasteiger partial charge is 0.138 e. The number of likely N-dealkylation sites (tertiary alicyclic amines) is 1. The van der Waals surface area contributed by atoms with Gasteiger partial charge in [-0.25, -0.2) is 9.37 Å². The second kappa shape index (κ2) is 11.0. The van der Waals surface area contributed by atoms with E-state index in [9.17, 15) is 4.39 Å². The van der Waals surface area contributed by atoms with Crippen molar-refractivity contribution in [2.75, 3.05) is 69.7 Å². The largest absolute Gasteiger partial charge is 0.382 e. The van der Waals surface area contributed by atoms with Crippen LogP contribution in [0.2, 0.25) is 0 Å². The summed E-state index contributed by atoms with van der Waals surface area (Å²) in [7, 11) is 0. The Morgan fingerprint density at radius 1 is 1.03 bits per heavy atom. The Balaban J connectivity index is 1.16. The number of nitrogens with one attached hydrogen (secondary N) is 3. The van der Waals surface area contributed by atoms with Gasteiger partial charge in [0.1, 0.15) is 11.6 Å². The lowest BCUT2D eigenvalue weighted by Gasteiger charge is -2.35. The summed E-state index contributed by atoms with van der Waals surface area (Å²) in [5, 5.41) is 7.31. The first kappa shape index (κ1) is 24.2. The number of piperidine rings is 1. The van der Waals surface area contributed by atoms with Gasteiger partial charge >= 0.3 is 0 Å². The van der Waals surface area contributed by atoms with Crippen LogP contribution in [0.3, 0.4) is 0 Å².